The van der Waals surface area contributed by atoms with Gasteiger partial charge in [-0.2, -0.15) is 0 Å². The molecule has 1 aliphatic rings. The molecule has 2 heterocycles. The van der Waals surface area contributed by atoms with Gasteiger partial charge in [-0.1, -0.05) is 23.7 Å². The summed E-state index contributed by atoms with van der Waals surface area (Å²) in [6.45, 7) is 4.94. The van der Waals surface area contributed by atoms with E-state index in [2.05, 4.69) is 10.2 Å². The number of aryl methyl sites for hydroxylation is 1. The van der Waals surface area contributed by atoms with Gasteiger partial charge in [0.05, 0.1) is 22.1 Å². The topological polar surface area (TPSA) is 52.7 Å². The van der Waals surface area contributed by atoms with Crippen LogP contribution in [0.1, 0.15) is 14.5 Å². The smallest absolute Gasteiger partial charge is 0.264 e. The lowest BCUT2D eigenvalue weighted by atomic mass is 10.2. The van der Waals surface area contributed by atoms with E-state index in [0.29, 0.717) is 43.4 Å². The van der Waals surface area contributed by atoms with E-state index in [4.69, 9.17) is 11.6 Å². The van der Waals surface area contributed by atoms with Gasteiger partial charge in [0.25, 0.3) is 5.91 Å². The number of carbonyl (C=O) groups excluding carboxylic acids is 2. The van der Waals surface area contributed by atoms with Crippen LogP contribution in [0.3, 0.4) is 0 Å². The van der Waals surface area contributed by atoms with Crippen molar-refractivity contribution in [3.05, 3.63) is 51.2 Å². The second kappa shape index (κ2) is 7.99. The molecule has 0 atom stereocenters. The average Bonchev–Trinajstić information content (AvgIpc) is 3.03. The van der Waals surface area contributed by atoms with Crippen LogP contribution in [-0.2, 0) is 4.79 Å². The SMILES string of the molecule is Cc1ccc(C(=O)N2CCN(CC(=O)Nc3ccccc3Cl)CC2)s1. The Morgan fingerprint density at radius 2 is 1.84 bits per heavy atom. The number of anilines is 1. The highest BCUT2D eigenvalue weighted by Gasteiger charge is 2.24. The maximum absolute atomic E-state index is 12.4. The predicted octanol–water partition coefficient (Wildman–Crippen LogP) is 3.11. The van der Waals surface area contributed by atoms with Gasteiger partial charge in [0, 0.05) is 31.1 Å². The molecule has 5 nitrogen and oxygen atoms in total. The third-order valence-electron chi connectivity index (χ3n) is 4.13. The maximum atomic E-state index is 12.4. The number of hydrogen-bond acceptors (Lipinski definition) is 4. The van der Waals surface area contributed by atoms with Crippen molar-refractivity contribution in [2.75, 3.05) is 38.0 Å². The lowest BCUT2D eigenvalue weighted by molar-refractivity contribution is -0.117. The van der Waals surface area contributed by atoms with E-state index in [1.807, 2.05) is 36.1 Å². The minimum Gasteiger partial charge on any atom is -0.335 e. The molecule has 1 aromatic heterocycles. The van der Waals surface area contributed by atoms with Gasteiger partial charge >= 0.3 is 0 Å². The van der Waals surface area contributed by atoms with E-state index in [0.717, 1.165) is 9.75 Å². The fraction of sp³-hybridized carbons (Fsp3) is 0.333. The van der Waals surface area contributed by atoms with Crippen molar-refractivity contribution in [1.29, 1.82) is 0 Å². The molecule has 132 valence electrons. The summed E-state index contributed by atoms with van der Waals surface area (Å²) in [5.41, 5.74) is 0.621. The van der Waals surface area contributed by atoms with Crippen molar-refractivity contribution in [3.8, 4) is 0 Å². The summed E-state index contributed by atoms with van der Waals surface area (Å²) in [7, 11) is 0. The van der Waals surface area contributed by atoms with E-state index in [1.165, 1.54) is 11.3 Å². The zero-order chi connectivity index (χ0) is 17.8. The number of amides is 2. The minimum absolute atomic E-state index is 0.0817. The lowest BCUT2D eigenvalue weighted by Crippen LogP contribution is -2.50. The number of hydrogen-bond donors (Lipinski definition) is 1. The number of nitrogens with zero attached hydrogens (tertiary/aromatic N) is 2. The lowest BCUT2D eigenvalue weighted by Gasteiger charge is -2.34. The van der Waals surface area contributed by atoms with E-state index >= 15 is 0 Å². The normalized spacial score (nSPS) is 15.2. The number of nitrogens with one attached hydrogen (secondary N) is 1. The second-order valence-electron chi connectivity index (χ2n) is 6.01. The summed E-state index contributed by atoms with van der Waals surface area (Å²) >= 11 is 7.58. The largest absolute Gasteiger partial charge is 0.335 e. The van der Waals surface area contributed by atoms with Gasteiger partial charge < -0.3 is 10.2 Å². The van der Waals surface area contributed by atoms with Crippen LogP contribution in [0, 0.1) is 6.92 Å². The quantitative estimate of drug-likeness (QED) is 0.890. The summed E-state index contributed by atoms with van der Waals surface area (Å²) in [6, 6.07) is 11.0. The van der Waals surface area contributed by atoms with Gasteiger partial charge in [-0.05, 0) is 31.2 Å². The van der Waals surface area contributed by atoms with Gasteiger partial charge in [-0.15, -0.1) is 11.3 Å². The van der Waals surface area contributed by atoms with E-state index in [9.17, 15) is 9.59 Å². The Morgan fingerprint density at radius 3 is 2.48 bits per heavy atom. The van der Waals surface area contributed by atoms with Gasteiger partial charge in [0.1, 0.15) is 0 Å². The molecule has 0 unspecified atom stereocenters. The Labute approximate surface area is 156 Å². The highest BCUT2D eigenvalue weighted by Crippen LogP contribution is 2.21. The standard InChI is InChI=1S/C18H20ClN3O2S/c1-13-6-7-16(25-13)18(24)22-10-8-21(9-11-22)12-17(23)20-15-5-3-2-4-14(15)19/h2-7H,8-12H2,1H3,(H,20,23). The Balaban J connectivity index is 1.48. The van der Waals surface area contributed by atoms with Crippen LogP contribution >= 0.6 is 22.9 Å². The first-order valence-electron chi connectivity index (χ1n) is 8.15. The van der Waals surface area contributed by atoms with Crippen molar-refractivity contribution < 1.29 is 9.59 Å². The first kappa shape index (κ1) is 17.9. The van der Waals surface area contributed by atoms with Gasteiger partial charge in [-0.3, -0.25) is 14.5 Å². The van der Waals surface area contributed by atoms with Gasteiger partial charge in [0.2, 0.25) is 5.91 Å². The maximum Gasteiger partial charge on any atom is 0.264 e. The number of thiophene rings is 1. The van der Waals surface area contributed by atoms with Crippen LogP contribution in [0.25, 0.3) is 0 Å². The molecule has 0 spiro atoms. The summed E-state index contributed by atoms with van der Waals surface area (Å²) in [6.07, 6.45) is 0. The Hall–Kier alpha value is -1.89. The molecule has 25 heavy (non-hydrogen) atoms. The Morgan fingerprint density at radius 1 is 1.12 bits per heavy atom. The molecule has 0 bridgehead atoms. The predicted molar refractivity (Wildman–Crippen MR) is 101 cm³/mol. The van der Waals surface area contributed by atoms with Crippen LogP contribution in [0.15, 0.2) is 36.4 Å². The number of benzene rings is 1. The number of rotatable bonds is 4. The first-order valence-corrected chi connectivity index (χ1v) is 9.35. The molecule has 0 aliphatic carbocycles. The Kier molecular flexibility index (Phi) is 5.73. The highest BCUT2D eigenvalue weighted by atomic mass is 35.5. The fourth-order valence-corrected chi connectivity index (χ4v) is 3.79. The molecule has 3 rings (SSSR count). The van der Waals surface area contributed by atoms with Crippen LogP contribution < -0.4 is 5.32 Å². The zero-order valence-electron chi connectivity index (χ0n) is 14.0. The molecule has 2 amide bonds. The second-order valence-corrected chi connectivity index (χ2v) is 7.70. The molecule has 2 aromatic rings. The molecule has 1 fully saturated rings. The number of carbonyl (C=O) groups is 2. The Bertz CT molecular complexity index is 769. The van der Waals surface area contributed by atoms with E-state index < -0.39 is 0 Å². The van der Waals surface area contributed by atoms with Crippen LogP contribution in [0.5, 0.6) is 0 Å². The summed E-state index contributed by atoms with van der Waals surface area (Å²) in [5.74, 6) is -0.0139. The molecule has 1 saturated heterocycles. The molecule has 1 aromatic carbocycles. The van der Waals surface area contributed by atoms with Gasteiger partial charge in [0.15, 0.2) is 0 Å². The van der Waals surface area contributed by atoms with Crippen molar-refractivity contribution in [2.24, 2.45) is 0 Å². The molecular weight excluding hydrogens is 358 g/mol. The number of halogens is 1. The minimum atomic E-state index is -0.0956. The van der Waals surface area contributed by atoms with Gasteiger partial charge in [-0.25, -0.2) is 0 Å². The third-order valence-corrected chi connectivity index (χ3v) is 5.44. The van der Waals surface area contributed by atoms with E-state index in [1.54, 1.807) is 12.1 Å². The first-order chi connectivity index (χ1) is 12.0. The highest BCUT2D eigenvalue weighted by molar-refractivity contribution is 7.13. The average molecular weight is 378 g/mol. The molecule has 1 N–H and O–H groups in total. The molecular formula is C18H20ClN3O2S. The molecule has 0 radical (unpaired) electrons. The molecule has 7 heteroatoms. The third kappa shape index (κ3) is 4.60. The van der Waals surface area contributed by atoms with Crippen molar-refractivity contribution >= 4 is 40.4 Å². The summed E-state index contributed by atoms with van der Waals surface area (Å²) in [4.78, 5) is 30.5. The monoisotopic (exact) mass is 377 g/mol. The summed E-state index contributed by atoms with van der Waals surface area (Å²) in [5, 5.41) is 3.35. The van der Waals surface area contributed by atoms with Crippen molar-refractivity contribution in [1.82, 2.24) is 9.80 Å². The zero-order valence-corrected chi connectivity index (χ0v) is 15.6. The molecule has 1 aliphatic heterocycles. The number of para-hydroxylation sites is 1. The van der Waals surface area contributed by atoms with Crippen LogP contribution in [-0.4, -0.2) is 54.3 Å². The number of piperazine rings is 1. The van der Waals surface area contributed by atoms with Crippen molar-refractivity contribution in [3.63, 3.8) is 0 Å². The van der Waals surface area contributed by atoms with E-state index in [-0.39, 0.29) is 11.8 Å². The fourth-order valence-electron chi connectivity index (χ4n) is 2.77. The van der Waals surface area contributed by atoms with Crippen LogP contribution in [0.4, 0.5) is 5.69 Å². The van der Waals surface area contributed by atoms with Crippen LogP contribution in [0.2, 0.25) is 5.02 Å². The van der Waals surface area contributed by atoms with Crippen molar-refractivity contribution in [2.45, 2.75) is 6.92 Å². The molecule has 0 saturated carbocycles. The summed E-state index contributed by atoms with van der Waals surface area (Å²) < 4.78 is 0.